The van der Waals surface area contributed by atoms with Crippen molar-refractivity contribution in [3.8, 4) is 11.6 Å². The molecule has 1 aliphatic heterocycles. The Labute approximate surface area is 239 Å². The first kappa shape index (κ1) is 28.1. The Bertz CT molecular complexity index is 1590. The highest BCUT2D eigenvalue weighted by Crippen LogP contribution is 2.34. The SMILES string of the molecule is COc1cc2c(cn1)c(C(=O)N1CCN(C(=O)OC(C)(C)C)CC1)c(Cc1cccc(F)c1C)n2-c1ccccc1. The molecule has 41 heavy (non-hydrogen) atoms. The van der Waals surface area contributed by atoms with Crippen molar-refractivity contribution in [2.24, 2.45) is 0 Å². The van der Waals surface area contributed by atoms with Gasteiger partial charge in [-0.3, -0.25) is 4.79 Å². The number of carbonyl (C=O) groups excluding carboxylic acids is 2. The van der Waals surface area contributed by atoms with Crippen LogP contribution in [0.15, 0.2) is 60.8 Å². The van der Waals surface area contributed by atoms with Crippen LogP contribution in [0.4, 0.5) is 9.18 Å². The van der Waals surface area contributed by atoms with Gasteiger partial charge in [-0.05, 0) is 57.0 Å². The zero-order valence-electron chi connectivity index (χ0n) is 24.1. The second-order valence-electron chi connectivity index (χ2n) is 11.2. The summed E-state index contributed by atoms with van der Waals surface area (Å²) in [6, 6.07) is 16.6. The third-order valence-electron chi connectivity index (χ3n) is 7.32. The number of para-hydroxylation sites is 1. The number of methoxy groups -OCH3 is 1. The Balaban J connectivity index is 1.60. The van der Waals surface area contributed by atoms with Crippen molar-refractivity contribution >= 4 is 22.9 Å². The van der Waals surface area contributed by atoms with Gasteiger partial charge in [0.05, 0.1) is 18.2 Å². The van der Waals surface area contributed by atoms with Gasteiger partial charge in [0.2, 0.25) is 5.88 Å². The summed E-state index contributed by atoms with van der Waals surface area (Å²) in [6.45, 7) is 8.69. The summed E-state index contributed by atoms with van der Waals surface area (Å²) in [5.41, 5.74) is 3.60. The number of benzene rings is 2. The summed E-state index contributed by atoms with van der Waals surface area (Å²) >= 11 is 0. The van der Waals surface area contributed by atoms with Crippen molar-refractivity contribution in [3.63, 3.8) is 0 Å². The Kier molecular flexibility index (Phi) is 7.71. The van der Waals surface area contributed by atoms with Crippen molar-refractivity contribution in [2.45, 2.75) is 39.7 Å². The third-order valence-corrected chi connectivity index (χ3v) is 7.32. The molecule has 2 aromatic carbocycles. The van der Waals surface area contributed by atoms with Crippen molar-refractivity contribution in [2.75, 3.05) is 33.3 Å². The predicted molar refractivity (Wildman–Crippen MR) is 155 cm³/mol. The summed E-state index contributed by atoms with van der Waals surface area (Å²) in [5.74, 6) is -0.0328. The summed E-state index contributed by atoms with van der Waals surface area (Å²) in [5, 5.41) is 0.679. The Morgan fingerprint density at radius 1 is 0.976 bits per heavy atom. The number of fused-ring (bicyclic) bond motifs is 1. The van der Waals surface area contributed by atoms with Crippen LogP contribution in [0.25, 0.3) is 16.6 Å². The van der Waals surface area contributed by atoms with Crippen LogP contribution in [-0.4, -0.2) is 70.2 Å². The average molecular weight is 559 g/mol. The number of ether oxygens (including phenoxy) is 2. The van der Waals surface area contributed by atoms with Crippen LogP contribution in [0.3, 0.4) is 0 Å². The molecular weight excluding hydrogens is 523 g/mol. The van der Waals surface area contributed by atoms with E-state index in [2.05, 4.69) is 4.98 Å². The van der Waals surface area contributed by atoms with Gasteiger partial charge in [-0.2, -0.15) is 0 Å². The minimum Gasteiger partial charge on any atom is -0.481 e. The van der Waals surface area contributed by atoms with E-state index < -0.39 is 5.60 Å². The molecule has 0 atom stereocenters. The zero-order valence-corrected chi connectivity index (χ0v) is 24.1. The molecule has 0 aliphatic carbocycles. The first-order chi connectivity index (χ1) is 19.6. The molecule has 1 fully saturated rings. The highest BCUT2D eigenvalue weighted by Gasteiger charge is 2.32. The summed E-state index contributed by atoms with van der Waals surface area (Å²) < 4.78 is 27.6. The summed E-state index contributed by atoms with van der Waals surface area (Å²) in [4.78, 5) is 34.8. The van der Waals surface area contributed by atoms with Crippen molar-refractivity contribution in [3.05, 3.63) is 89.0 Å². The number of hydrogen-bond donors (Lipinski definition) is 0. The van der Waals surface area contributed by atoms with E-state index >= 15 is 0 Å². The lowest BCUT2D eigenvalue weighted by molar-refractivity contribution is 0.0141. The number of rotatable bonds is 5. The molecule has 5 rings (SSSR count). The fourth-order valence-electron chi connectivity index (χ4n) is 5.21. The number of hydrogen-bond acceptors (Lipinski definition) is 5. The number of piperazine rings is 1. The monoisotopic (exact) mass is 558 g/mol. The predicted octanol–water partition coefficient (Wildman–Crippen LogP) is 5.77. The normalized spacial score (nSPS) is 13.9. The van der Waals surface area contributed by atoms with Gasteiger partial charge in [0.15, 0.2) is 0 Å². The van der Waals surface area contributed by atoms with Gasteiger partial charge < -0.3 is 23.8 Å². The minimum atomic E-state index is -0.596. The fourth-order valence-corrected chi connectivity index (χ4v) is 5.21. The topological polar surface area (TPSA) is 76.9 Å². The molecule has 0 spiro atoms. The zero-order chi connectivity index (χ0) is 29.3. The smallest absolute Gasteiger partial charge is 0.410 e. The molecule has 0 radical (unpaired) electrons. The van der Waals surface area contributed by atoms with E-state index in [1.165, 1.54) is 6.07 Å². The molecule has 0 saturated carbocycles. The van der Waals surface area contributed by atoms with E-state index in [4.69, 9.17) is 9.47 Å². The highest BCUT2D eigenvalue weighted by molar-refractivity contribution is 6.09. The first-order valence-corrected chi connectivity index (χ1v) is 13.7. The van der Waals surface area contributed by atoms with Crippen LogP contribution in [-0.2, 0) is 11.2 Å². The lowest BCUT2D eigenvalue weighted by atomic mass is 10.00. The molecule has 1 aliphatic rings. The number of amides is 2. The van der Waals surface area contributed by atoms with Gasteiger partial charge in [0.1, 0.15) is 11.4 Å². The lowest BCUT2D eigenvalue weighted by Crippen LogP contribution is -2.51. The molecule has 4 aromatic rings. The van der Waals surface area contributed by atoms with E-state index in [1.807, 2.05) is 67.8 Å². The highest BCUT2D eigenvalue weighted by atomic mass is 19.1. The van der Waals surface area contributed by atoms with Crippen LogP contribution in [0.5, 0.6) is 5.88 Å². The molecule has 1 saturated heterocycles. The molecule has 0 bridgehead atoms. The van der Waals surface area contributed by atoms with Gasteiger partial charge in [-0.1, -0.05) is 30.3 Å². The van der Waals surface area contributed by atoms with Gasteiger partial charge in [-0.15, -0.1) is 0 Å². The summed E-state index contributed by atoms with van der Waals surface area (Å²) in [7, 11) is 1.55. The van der Waals surface area contributed by atoms with E-state index in [0.29, 0.717) is 55.0 Å². The molecule has 0 N–H and O–H groups in total. The van der Waals surface area contributed by atoms with Gasteiger partial charge in [0.25, 0.3) is 5.91 Å². The Morgan fingerprint density at radius 3 is 2.32 bits per heavy atom. The van der Waals surface area contributed by atoms with E-state index in [0.717, 1.165) is 22.5 Å². The first-order valence-electron chi connectivity index (χ1n) is 13.7. The van der Waals surface area contributed by atoms with Gasteiger partial charge >= 0.3 is 6.09 Å². The standard InChI is InChI=1S/C32H35FN4O4/c1-21-22(10-9-13-25(21)33)18-27-29(30(38)35-14-16-36(17-15-35)31(39)41-32(2,3)4)24-20-34-28(40-5)19-26(24)37(27)23-11-7-6-8-12-23/h6-13,19-20H,14-18H2,1-5H3. The maximum absolute atomic E-state index is 14.6. The Hall–Kier alpha value is -4.40. The molecule has 8 nitrogen and oxygen atoms in total. The van der Waals surface area contributed by atoms with E-state index in [1.54, 1.807) is 36.1 Å². The molecular formula is C32H35FN4O4. The van der Waals surface area contributed by atoms with Crippen molar-refractivity contribution in [1.29, 1.82) is 0 Å². The van der Waals surface area contributed by atoms with E-state index in [-0.39, 0.29) is 17.8 Å². The largest absolute Gasteiger partial charge is 0.481 e. The maximum atomic E-state index is 14.6. The van der Waals surface area contributed by atoms with Crippen LogP contribution in [0.1, 0.15) is 48.0 Å². The molecule has 3 heterocycles. The van der Waals surface area contributed by atoms with Gasteiger partial charge in [-0.25, -0.2) is 14.2 Å². The van der Waals surface area contributed by atoms with Crippen LogP contribution < -0.4 is 4.74 Å². The Morgan fingerprint density at radius 2 is 1.66 bits per heavy atom. The molecule has 0 unspecified atom stereocenters. The minimum absolute atomic E-state index is 0.162. The molecule has 214 valence electrons. The second-order valence-corrected chi connectivity index (χ2v) is 11.2. The fraction of sp³-hybridized carbons (Fsp3) is 0.344. The maximum Gasteiger partial charge on any atom is 0.410 e. The number of carbonyl (C=O) groups is 2. The van der Waals surface area contributed by atoms with Crippen LogP contribution in [0.2, 0.25) is 0 Å². The quantitative estimate of drug-likeness (QED) is 0.311. The lowest BCUT2D eigenvalue weighted by Gasteiger charge is -2.35. The average Bonchev–Trinajstić information content (AvgIpc) is 3.27. The third kappa shape index (κ3) is 5.75. The molecule has 2 aromatic heterocycles. The number of nitrogens with zero attached hydrogens (tertiary/aromatic N) is 4. The number of aromatic nitrogens is 2. The van der Waals surface area contributed by atoms with Gasteiger partial charge in [0, 0.05) is 61.6 Å². The molecule has 9 heteroatoms. The molecule has 2 amide bonds. The van der Waals surface area contributed by atoms with Crippen molar-refractivity contribution < 1.29 is 23.5 Å². The van der Waals surface area contributed by atoms with Crippen LogP contribution >= 0.6 is 0 Å². The number of halogens is 1. The van der Waals surface area contributed by atoms with E-state index in [9.17, 15) is 14.0 Å². The van der Waals surface area contributed by atoms with Crippen molar-refractivity contribution in [1.82, 2.24) is 19.4 Å². The second kappa shape index (κ2) is 11.2. The summed E-state index contributed by atoms with van der Waals surface area (Å²) in [6.07, 6.45) is 1.61. The van der Waals surface area contributed by atoms with Crippen LogP contribution in [0, 0.1) is 12.7 Å². The number of pyridine rings is 1.